The van der Waals surface area contributed by atoms with Crippen LogP contribution < -0.4 is 5.32 Å². The van der Waals surface area contributed by atoms with Crippen molar-refractivity contribution in [3.8, 4) is 0 Å². The molecule has 1 aliphatic rings. The van der Waals surface area contributed by atoms with Gasteiger partial charge < -0.3 is 5.32 Å². The first kappa shape index (κ1) is 8.94. The number of aryl methyl sites for hydroxylation is 2. The summed E-state index contributed by atoms with van der Waals surface area (Å²) in [5, 5.41) is 2.59. The summed E-state index contributed by atoms with van der Waals surface area (Å²) in [6.45, 7) is 3.98. The van der Waals surface area contributed by atoms with Crippen LogP contribution in [0.2, 0.25) is 0 Å². The maximum atomic E-state index is 11.1. The highest BCUT2D eigenvalue weighted by Gasteiger charge is 2.23. The Bertz CT molecular complexity index is 394. The number of hydrogen-bond acceptors (Lipinski definition) is 2. The summed E-state index contributed by atoms with van der Waals surface area (Å²) >= 11 is 0. The fourth-order valence-corrected chi connectivity index (χ4v) is 1.58. The van der Waals surface area contributed by atoms with Crippen molar-refractivity contribution in [2.75, 3.05) is 5.32 Å². The molecule has 1 N–H and O–H groups in total. The molecule has 14 heavy (non-hydrogen) atoms. The summed E-state index contributed by atoms with van der Waals surface area (Å²) < 4.78 is 0. The lowest BCUT2D eigenvalue weighted by Gasteiger charge is -2.17. The molecule has 0 fully saturated rings. The van der Waals surface area contributed by atoms with Crippen LogP contribution in [0.4, 0.5) is 5.69 Å². The number of anilines is 1. The lowest BCUT2D eigenvalue weighted by molar-refractivity contribution is -0.134. The minimum absolute atomic E-state index is 0.224. The molecule has 2 rings (SSSR count). The third kappa shape index (κ3) is 1.31. The first-order valence-corrected chi connectivity index (χ1v) is 4.52. The summed E-state index contributed by atoms with van der Waals surface area (Å²) in [4.78, 5) is 22.2. The highest BCUT2D eigenvalue weighted by atomic mass is 16.2. The maximum Gasteiger partial charge on any atom is 0.292 e. The molecular weight excluding hydrogens is 178 g/mol. The molecule has 0 atom stereocenters. The van der Waals surface area contributed by atoms with Crippen LogP contribution in [-0.2, 0) is 16.0 Å². The molecule has 0 aromatic heterocycles. The van der Waals surface area contributed by atoms with Gasteiger partial charge in [-0.15, -0.1) is 0 Å². The Labute approximate surface area is 82.1 Å². The van der Waals surface area contributed by atoms with Crippen LogP contribution in [0.3, 0.4) is 0 Å². The lowest BCUT2D eigenvalue weighted by atomic mass is 9.97. The monoisotopic (exact) mass is 189 g/mol. The Morgan fingerprint density at radius 1 is 1.14 bits per heavy atom. The van der Waals surface area contributed by atoms with Crippen molar-refractivity contribution in [3.63, 3.8) is 0 Å². The van der Waals surface area contributed by atoms with E-state index in [2.05, 4.69) is 5.32 Å². The van der Waals surface area contributed by atoms with E-state index in [1.54, 1.807) is 0 Å². The number of ketones is 1. The molecule has 0 unspecified atom stereocenters. The van der Waals surface area contributed by atoms with Gasteiger partial charge in [-0.25, -0.2) is 0 Å². The molecule has 3 heteroatoms. The van der Waals surface area contributed by atoms with Crippen LogP contribution >= 0.6 is 0 Å². The highest BCUT2D eigenvalue weighted by Crippen LogP contribution is 2.24. The zero-order valence-electron chi connectivity index (χ0n) is 8.18. The van der Waals surface area contributed by atoms with E-state index in [1.165, 1.54) is 0 Å². The highest BCUT2D eigenvalue weighted by molar-refractivity contribution is 6.42. The molecule has 1 aliphatic heterocycles. The quantitative estimate of drug-likeness (QED) is 0.626. The van der Waals surface area contributed by atoms with Gasteiger partial charge in [0, 0.05) is 12.1 Å². The van der Waals surface area contributed by atoms with Crippen LogP contribution in [0.5, 0.6) is 0 Å². The van der Waals surface area contributed by atoms with E-state index in [9.17, 15) is 9.59 Å². The number of hydrogen-bond donors (Lipinski definition) is 1. The number of rotatable bonds is 0. The molecule has 1 amide bonds. The lowest BCUT2D eigenvalue weighted by Crippen LogP contribution is -2.29. The standard InChI is InChI=1S/C11H11NO2/c1-6-3-8-5-10(13)11(14)12-9(8)4-7(6)2/h3-4H,5H2,1-2H3,(H,12,14). The summed E-state index contributed by atoms with van der Waals surface area (Å²) in [5.74, 6) is -0.860. The number of fused-ring (bicyclic) bond motifs is 1. The summed E-state index contributed by atoms with van der Waals surface area (Å²) in [6.07, 6.45) is 0.224. The second-order valence-electron chi connectivity index (χ2n) is 3.65. The molecule has 0 saturated heterocycles. The van der Waals surface area contributed by atoms with Crippen LogP contribution in [-0.4, -0.2) is 11.7 Å². The van der Waals surface area contributed by atoms with Crippen molar-refractivity contribution < 1.29 is 9.59 Å². The zero-order valence-corrected chi connectivity index (χ0v) is 8.18. The largest absolute Gasteiger partial charge is 0.319 e. The van der Waals surface area contributed by atoms with Gasteiger partial charge in [0.25, 0.3) is 5.91 Å². The van der Waals surface area contributed by atoms with Gasteiger partial charge in [-0.05, 0) is 36.6 Å². The van der Waals surface area contributed by atoms with Crippen LogP contribution in [0.25, 0.3) is 0 Å². The van der Waals surface area contributed by atoms with E-state index in [0.717, 1.165) is 22.4 Å². The Kier molecular flexibility index (Phi) is 1.88. The molecule has 1 aromatic rings. The van der Waals surface area contributed by atoms with Gasteiger partial charge in [-0.3, -0.25) is 9.59 Å². The van der Waals surface area contributed by atoms with E-state index >= 15 is 0 Å². The number of nitrogens with one attached hydrogen (secondary N) is 1. The van der Waals surface area contributed by atoms with Crippen molar-refractivity contribution in [3.05, 3.63) is 28.8 Å². The van der Waals surface area contributed by atoms with Crippen LogP contribution in [0.15, 0.2) is 12.1 Å². The topological polar surface area (TPSA) is 46.2 Å². The third-order valence-electron chi connectivity index (χ3n) is 2.57. The number of Topliss-reactive ketones (excluding diaryl/α,β-unsaturated/α-hetero) is 1. The van der Waals surface area contributed by atoms with Crippen molar-refractivity contribution in [1.29, 1.82) is 0 Å². The normalized spacial score (nSPS) is 15.0. The fraction of sp³-hybridized carbons (Fsp3) is 0.273. The average Bonchev–Trinajstić information content (AvgIpc) is 2.11. The second-order valence-corrected chi connectivity index (χ2v) is 3.65. The molecule has 0 radical (unpaired) electrons. The predicted molar refractivity (Wildman–Crippen MR) is 53.3 cm³/mol. The van der Waals surface area contributed by atoms with Crippen LogP contribution in [0, 0.1) is 13.8 Å². The van der Waals surface area contributed by atoms with Gasteiger partial charge in [0.05, 0.1) is 0 Å². The Balaban J connectivity index is 2.53. The van der Waals surface area contributed by atoms with Crippen molar-refractivity contribution in [1.82, 2.24) is 0 Å². The average molecular weight is 189 g/mol. The van der Waals surface area contributed by atoms with Gasteiger partial charge in [0.15, 0.2) is 0 Å². The van der Waals surface area contributed by atoms with E-state index in [0.29, 0.717) is 0 Å². The third-order valence-corrected chi connectivity index (χ3v) is 2.57. The number of benzene rings is 1. The van der Waals surface area contributed by atoms with Gasteiger partial charge in [-0.2, -0.15) is 0 Å². The predicted octanol–water partition coefficient (Wildman–Crippen LogP) is 1.37. The van der Waals surface area contributed by atoms with E-state index < -0.39 is 5.91 Å². The smallest absolute Gasteiger partial charge is 0.292 e. The van der Waals surface area contributed by atoms with Gasteiger partial charge in [0.1, 0.15) is 0 Å². The minimum Gasteiger partial charge on any atom is -0.319 e. The van der Waals surface area contributed by atoms with Crippen molar-refractivity contribution in [2.45, 2.75) is 20.3 Å². The van der Waals surface area contributed by atoms with Crippen molar-refractivity contribution in [2.24, 2.45) is 0 Å². The number of carbonyl (C=O) groups excluding carboxylic acids is 2. The Morgan fingerprint density at radius 3 is 2.50 bits per heavy atom. The first-order chi connectivity index (χ1) is 6.58. The SMILES string of the molecule is Cc1cc2c(cc1C)NC(=O)C(=O)C2. The van der Waals surface area contributed by atoms with E-state index in [4.69, 9.17) is 0 Å². The Morgan fingerprint density at radius 2 is 1.79 bits per heavy atom. The zero-order chi connectivity index (χ0) is 10.3. The molecule has 1 aromatic carbocycles. The maximum absolute atomic E-state index is 11.1. The summed E-state index contributed by atoms with van der Waals surface area (Å²) in [6, 6.07) is 3.87. The fourth-order valence-electron chi connectivity index (χ4n) is 1.58. The molecule has 0 saturated carbocycles. The van der Waals surface area contributed by atoms with Crippen LogP contribution in [0.1, 0.15) is 16.7 Å². The molecule has 0 bridgehead atoms. The number of carbonyl (C=O) groups is 2. The van der Waals surface area contributed by atoms with E-state index in [1.807, 2.05) is 26.0 Å². The van der Waals surface area contributed by atoms with Gasteiger partial charge >= 0.3 is 0 Å². The molecular formula is C11H11NO2. The Hall–Kier alpha value is -1.64. The minimum atomic E-state index is -0.499. The van der Waals surface area contributed by atoms with Gasteiger partial charge in [-0.1, -0.05) is 6.07 Å². The molecule has 72 valence electrons. The second kappa shape index (κ2) is 2.94. The number of amides is 1. The summed E-state index contributed by atoms with van der Waals surface area (Å²) in [5.41, 5.74) is 3.96. The first-order valence-electron chi connectivity index (χ1n) is 4.52. The molecule has 0 spiro atoms. The summed E-state index contributed by atoms with van der Waals surface area (Å²) in [7, 11) is 0. The molecule has 3 nitrogen and oxygen atoms in total. The van der Waals surface area contributed by atoms with Crippen molar-refractivity contribution >= 4 is 17.4 Å². The molecule has 1 heterocycles. The van der Waals surface area contributed by atoms with Gasteiger partial charge in [0.2, 0.25) is 5.78 Å². The molecule has 0 aliphatic carbocycles. The van der Waals surface area contributed by atoms with E-state index in [-0.39, 0.29) is 12.2 Å².